The Morgan fingerprint density at radius 2 is 1.12 bits per heavy atom. The van der Waals surface area contributed by atoms with Crippen LogP contribution in [0.3, 0.4) is 0 Å². The number of rotatable bonds is 6. The van der Waals surface area contributed by atoms with E-state index in [4.69, 9.17) is 7.48 Å². The van der Waals surface area contributed by atoms with Crippen LogP contribution in [0.1, 0.15) is 13.9 Å². The van der Waals surface area contributed by atoms with Crippen LogP contribution in [-0.4, -0.2) is 13.2 Å². The third-order valence-electron chi connectivity index (χ3n) is 2.52. The molecular weight excluding hydrogens is 208 g/mol. The Hall–Kier alpha value is -1.60. The predicted octanol–water partition coefficient (Wildman–Crippen LogP) is 3.49. The molecule has 0 aliphatic carbocycles. The maximum Gasteiger partial charge on any atom is 0.0570 e. The number of aryl methyl sites for hydroxylation is 2. The minimum Gasteiger partial charge on any atom is -0.381 e. The van der Waals surface area contributed by atoms with Gasteiger partial charge in [-0.15, -0.1) is 0 Å². The second-order valence-electron chi connectivity index (χ2n) is 3.85. The lowest BCUT2D eigenvalue weighted by Crippen LogP contribution is -2.02. The molecule has 2 rings (SSSR count). The third-order valence-corrected chi connectivity index (χ3v) is 2.52. The molecule has 88 valence electrons. The first-order chi connectivity index (χ1) is 9.24. The van der Waals surface area contributed by atoms with Crippen molar-refractivity contribution >= 4 is 0 Å². The molecule has 2 aromatic rings. The number of hydrogen-bond donors (Lipinski definition) is 0. The summed E-state index contributed by atoms with van der Waals surface area (Å²) in [5.74, 6) is 0. The van der Waals surface area contributed by atoms with Crippen LogP contribution in [0.15, 0.2) is 60.7 Å². The van der Waals surface area contributed by atoms with E-state index in [2.05, 4.69) is 0 Å². The van der Waals surface area contributed by atoms with E-state index in [-0.39, 0.29) is 0 Å². The molecule has 1 nitrogen and oxygen atoms in total. The molecule has 0 aliphatic heterocycles. The van der Waals surface area contributed by atoms with E-state index in [1.165, 1.54) is 0 Å². The predicted molar refractivity (Wildman–Crippen MR) is 71.1 cm³/mol. The van der Waals surface area contributed by atoms with E-state index < -0.39 is 13.2 Å². The molecule has 0 saturated carbocycles. The third kappa shape index (κ3) is 4.41. The molecular formula is C16H18O. The van der Waals surface area contributed by atoms with Gasteiger partial charge in [-0.1, -0.05) is 60.7 Å². The monoisotopic (exact) mass is 228 g/mol. The molecule has 2 unspecified atom stereocenters. The average molecular weight is 228 g/mol. The molecule has 0 heterocycles. The van der Waals surface area contributed by atoms with Crippen molar-refractivity contribution in [3.05, 3.63) is 71.8 Å². The smallest absolute Gasteiger partial charge is 0.0570 e. The number of benzene rings is 2. The summed E-state index contributed by atoms with van der Waals surface area (Å²) in [5.41, 5.74) is 2.13. The van der Waals surface area contributed by atoms with Crippen molar-refractivity contribution in [1.29, 1.82) is 0 Å². The largest absolute Gasteiger partial charge is 0.381 e. The van der Waals surface area contributed by atoms with E-state index in [0.29, 0.717) is 12.8 Å². The minimum atomic E-state index is -0.686. The van der Waals surface area contributed by atoms with Gasteiger partial charge in [0.25, 0.3) is 0 Å². The summed E-state index contributed by atoms with van der Waals surface area (Å²) >= 11 is 0. The van der Waals surface area contributed by atoms with Gasteiger partial charge in [0.05, 0.1) is 15.9 Å². The van der Waals surface area contributed by atoms with Crippen LogP contribution in [-0.2, 0) is 17.6 Å². The molecule has 0 fully saturated rings. The van der Waals surface area contributed by atoms with Gasteiger partial charge in [-0.3, -0.25) is 0 Å². The topological polar surface area (TPSA) is 9.23 Å². The first-order valence-corrected chi connectivity index (χ1v) is 5.82. The maximum atomic E-state index is 7.86. The molecule has 0 saturated heterocycles. The van der Waals surface area contributed by atoms with Gasteiger partial charge in [0, 0.05) is 0 Å². The highest BCUT2D eigenvalue weighted by atomic mass is 16.5. The van der Waals surface area contributed by atoms with Crippen molar-refractivity contribution in [1.82, 2.24) is 0 Å². The molecule has 0 aromatic heterocycles. The van der Waals surface area contributed by atoms with Gasteiger partial charge in [-0.05, 0) is 24.0 Å². The van der Waals surface area contributed by atoms with Crippen molar-refractivity contribution < 1.29 is 7.48 Å². The Bertz CT molecular complexity index is 427. The summed E-state index contributed by atoms with van der Waals surface area (Å²) in [7, 11) is 0. The van der Waals surface area contributed by atoms with Crippen LogP contribution in [0.5, 0.6) is 0 Å². The number of hydrogen-bond acceptors (Lipinski definition) is 1. The molecule has 0 amide bonds. The Morgan fingerprint density at radius 1 is 0.706 bits per heavy atom. The normalized spacial score (nSPS) is 15.8. The second kappa shape index (κ2) is 6.87. The summed E-state index contributed by atoms with van der Waals surface area (Å²) in [4.78, 5) is 0. The highest BCUT2D eigenvalue weighted by Gasteiger charge is 1.94. The molecule has 0 spiro atoms. The SMILES string of the molecule is [2H]C(Cc1ccccc1)OC([2H])Cc1ccccc1. The highest BCUT2D eigenvalue weighted by molar-refractivity contribution is 5.15. The molecule has 2 atom stereocenters. The molecule has 0 bridgehead atoms. The lowest BCUT2D eigenvalue weighted by molar-refractivity contribution is 0.140. The van der Waals surface area contributed by atoms with Gasteiger partial charge in [-0.25, -0.2) is 0 Å². The van der Waals surface area contributed by atoms with Gasteiger partial charge in [-0.2, -0.15) is 0 Å². The summed E-state index contributed by atoms with van der Waals surface area (Å²) in [6.07, 6.45) is 1.04. The minimum absolute atomic E-state index is 0.519. The highest BCUT2D eigenvalue weighted by Crippen LogP contribution is 2.02. The van der Waals surface area contributed by atoms with E-state index >= 15 is 0 Å². The van der Waals surface area contributed by atoms with Gasteiger partial charge < -0.3 is 4.74 Å². The van der Waals surface area contributed by atoms with E-state index in [1.54, 1.807) is 0 Å². The average Bonchev–Trinajstić information content (AvgIpc) is 2.40. The van der Waals surface area contributed by atoms with Crippen LogP contribution < -0.4 is 0 Å². The molecule has 0 aliphatic rings. The maximum absolute atomic E-state index is 7.86. The Kier molecular flexibility index (Phi) is 3.81. The van der Waals surface area contributed by atoms with Gasteiger partial charge in [0.1, 0.15) is 0 Å². The van der Waals surface area contributed by atoms with E-state index in [1.807, 2.05) is 60.7 Å². The first-order valence-electron chi connectivity index (χ1n) is 6.97. The van der Waals surface area contributed by atoms with Crippen molar-refractivity contribution in [2.45, 2.75) is 12.8 Å². The zero-order valence-electron chi connectivity index (χ0n) is 11.8. The standard InChI is InChI=1S/C16H18O/c1-3-7-15(8-4-1)11-13-17-14-12-16-9-5-2-6-10-16/h1-10H,11-14H2/i13D,14D. The molecule has 17 heavy (non-hydrogen) atoms. The summed E-state index contributed by atoms with van der Waals surface area (Å²) in [5, 5.41) is 0. The lowest BCUT2D eigenvalue weighted by Gasteiger charge is -2.04. The van der Waals surface area contributed by atoms with Crippen molar-refractivity contribution in [3.8, 4) is 0 Å². The Labute approximate surface area is 106 Å². The van der Waals surface area contributed by atoms with Gasteiger partial charge in [0.2, 0.25) is 0 Å². The van der Waals surface area contributed by atoms with Gasteiger partial charge in [0.15, 0.2) is 0 Å². The van der Waals surface area contributed by atoms with Crippen molar-refractivity contribution in [2.24, 2.45) is 0 Å². The molecule has 2 aromatic carbocycles. The summed E-state index contributed by atoms with van der Waals surface area (Å²) in [6.45, 7) is -1.37. The first kappa shape index (κ1) is 9.43. The summed E-state index contributed by atoms with van der Waals surface area (Å²) < 4.78 is 21.1. The van der Waals surface area contributed by atoms with Crippen LogP contribution in [0, 0.1) is 0 Å². The van der Waals surface area contributed by atoms with E-state index in [9.17, 15) is 0 Å². The molecule has 0 N–H and O–H groups in total. The fourth-order valence-electron chi connectivity index (χ4n) is 1.58. The zero-order chi connectivity index (χ0) is 13.5. The van der Waals surface area contributed by atoms with Crippen LogP contribution in [0.25, 0.3) is 0 Å². The Balaban J connectivity index is 1.80. The second-order valence-corrected chi connectivity index (χ2v) is 3.85. The van der Waals surface area contributed by atoms with Crippen LogP contribution >= 0.6 is 0 Å². The lowest BCUT2D eigenvalue weighted by atomic mass is 10.1. The van der Waals surface area contributed by atoms with Crippen molar-refractivity contribution in [3.63, 3.8) is 0 Å². The van der Waals surface area contributed by atoms with Crippen LogP contribution in [0.2, 0.25) is 0 Å². The van der Waals surface area contributed by atoms with E-state index in [0.717, 1.165) is 11.1 Å². The number of ether oxygens (including phenoxy) is 1. The quantitative estimate of drug-likeness (QED) is 0.735. The van der Waals surface area contributed by atoms with Crippen molar-refractivity contribution in [2.75, 3.05) is 13.2 Å². The Morgan fingerprint density at radius 3 is 1.53 bits per heavy atom. The fourth-order valence-corrected chi connectivity index (χ4v) is 1.58. The summed E-state index contributed by atoms with van der Waals surface area (Å²) in [6, 6.07) is 19.6. The fraction of sp³-hybridized carbons (Fsp3) is 0.250. The van der Waals surface area contributed by atoms with Crippen LogP contribution in [0.4, 0.5) is 0 Å². The zero-order valence-corrected chi connectivity index (χ0v) is 9.75. The molecule has 1 heteroatoms. The van der Waals surface area contributed by atoms with Gasteiger partial charge >= 0.3 is 0 Å². The molecule has 0 radical (unpaired) electrons.